The molecule has 6 rings (SSSR count). The third-order valence-electron chi connectivity index (χ3n) is 10.4. The van der Waals surface area contributed by atoms with Crippen molar-refractivity contribution in [2.75, 3.05) is 33.9 Å². The number of nitrogens with zero attached hydrogens (tertiary/aromatic N) is 4. The van der Waals surface area contributed by atoms with Gasteiger partial charge in [0.2, 0.25) is 0 Å². The lowest BCUT2D eigenvalue weighted by Crippen LogP contribution is -2.50. The number of hydrogen-bond donors (Lipinski definition) is 2. The highest BCUT2D eigenvalue weighted by molar-refractivity contribution is 5.56. The number of ether oxygens (including phenoxy) is 1. The molecular formula is C30H45F3N6O2. The maximum Gasteiger partial charge on any atom is 0.418 e. The van der Waals surface area contributed by atoms with Gasteiger partial charge in [-0.15, -0.1) is 0 Å². The highest BCUT2D eigenvalue weighted by atomic mass is 19.4. The number of hydrogen-bond acceptors (Lipinski definition) is 6. The number of hydrazine groups is 1. The number of aromatic nitrogens is 2. The highest BCUT2D eigenvalue weighted by Crippen LogP contribution is 2.47. The zero-order chi connectivity index (χ0) is 28.7. The summed E-state index contributed by atoms with van der Waals surface area (Å²) in [6.45, 7) is 2.75. The van der Waals surface area contributed by atoms with Gasteiger partial charge in [0, 0.05) is 38.6 Å². The SMILES string of the molecule is CO[C@H]1CCCN(Cc2cc(C(F)(F)F)c3cn(C4CCCC([C@@H](C5CCC5)C5NNCN5C)C4)c(=O)n3c2)CC1. The van der Waals surface area contributed by atoms with E-state index in [1.165, 1.54) is 35.9 Å². The van der Waals surface area contributed by atoms with Gasteiger partial charge in [0.25, 0.3) is 0 Å². The molecule has 2 saturated heterocycles. The molecule has 0 radical (unpaired) electrons. The molecule has 2 saturated carbocycles. The van der Waals surface area contributed by atoms with Crippen molar-refractivity contribution in [2.45, 2.75) is 95.2 Å². The Morgan fingerprint density at radius 3 is 2.49 bits per heavy atom. The third kappa shape index (κ3) is 5.98. The first kappa shape index (κ1) is 29.2. The summed E-state index contributed by atoms with van der Waals surface area (Å²) in [6.07, 6.45) is 9.21. The van der Waals surface area contributed by atoms with Crippen LogP contribution in [0.4, 0.5) is 13.2 Å². The number of imidazole rings is 1. The summed E-state index contributed by atoms with van der Waals surface area (Å²) in [5.74, 6) is 1.54. The quantitative estimate of drug-likeness (QED) is 0.501. The fourth-order valence-electron chi connectivity index (χ4n) is 8.02. The molecule has 2 aromatic rings. The van der Waals surface area contributed by atoms with Crippen LogP contribution in [0.25, 0.3) is 5.52 Å². The van der Waals surface area contributed by atoms with Gasteiger partial charge in [-0.3, -0.25) is 18.8 Å². The van der Waals surface area contributed by atoms with E-state index >= 15 is 0 Å². The molecule has 3 unspecified atom stereocenters. The molecule has 4 aliphatic rings. The van der Waals surface area contributed by atoms with Crippen molar-refractivity contribution in [1.82, 2.24) is 29.6 Å². The van der Waals surface area contributed by atoms with E-state index in [9.17, 15) is 18.0 Å². The zero-order valence-electron chi connectivity index (χ0n) is 24.3. The summed E-state index contributed by atoms with van der Waals surface area (Å²) in [7, 11) is 3.84. The fourth-order valence-corrected chi connectivity index (χ4v) is 8.02. The minimum absolute atomic E-state index is 0.0411. The van der Waals surface area contributed by atoms with E-state index in [0.717, 1.165) is 64.7 Å². The van der Waals surface area contributed by atoms with Crippen molar-refractivity contribution in [2.24, 2.45) is 17.8 Å². The minimum Gasteiger partial charge on any atom is -0.381 e. The predicted octanol–water partition coefficient (Wildman–Crippen LogP) is 4.59. The molecule has 0 bridgehead atoms. The lowest BCUT2D eigenvalue weighted by molar-refractivity contribution is -0.136. The van der Waals surface area contributed by atoms with Gasteiger partial charge >= 0.3 is 11.9 Å². The average molecular weight is 579 g/mol. The molecule has 11 heteroatoms. The molecule has 2 N–H and O–H groups in total. The molecule has 2 aliphatic carbocycles. The van der Waals surface area contributed by atoms with Crippen molar-refractivity contribution in [3.05, 3.63) is 40.1 Å². The smallest absolute Gasteiger partial charge is 0.381 e. The number of alkyl halides is 3. The van der Waals surface area contributed by atoms with Crippen molar-refractivity contribution >= 4 is 5.52 Å². The average Bonchev–Trinajstić information content (AvgIpc) is 3.40. The van der Waals surface area contributed by atoms with Gasteiger partial charge in [0.15, 0.2) is 0 Å². The van der Waals surface area contributed by atoms with Crippen LogP contribution in [0, 0.1) is 17.8 Å². The zero-order valence-corrected chi connectivity index (χ0v) is 24.3. The van der Waals surface area contributed by atoms with Gasteiger partial charge in [-0.05, 0) is 81.5 Å². The summed E-state index contributed by atoms with van der Waals surface area (Å²) >= 11 is 0. The normalized spacial score (nSPS) is 30.0. The molecule has 2 aromatic heterocycles. The van der Waals surface area contributed by atoms with Gasteiger partial charge in [-0.25, -0.2) is 15.6 Å². The number of halogens is 3. The lowest BCUT2D eigenvalue weighted by atomic mass is 9.65. The summed E-state index contributed by atoms with van der Waals surface area (Å²) < 4.78 is 51.5. The Kier molecular flexibility index (Phi) is 8.53. The van der Waals surface area contributed by atoms with Gasteiger partial charge in [0.1, 0.15) is 0 Å². The third-order valence-corrected chi connectivity index (χ3v) is 10.4. The number of pyridine rings is 1. The molecule has 0 aromatic carbocycles. The van der Waals surface area contributed by atoms with E-state index in [1.54, 1.807) is 17.9 Å². The van der Waals surface area contributed by atoms with Crippen molar-refractivity contribution in [1.29, 1.82) is 0 Å². The molecule has 228 valence electrons. The first-order valence-electron chi connectivity index (χ1n) is 15.5. The second kappa shape index (κ2) is 12.0. The van der Waals surface area contributed by atoms with Crippen LogP contribution in [0.5, 0.6) is 0 Å². The number of methoxy groups -OCH3 is 1. The summed E-state index contributed by atoms with van der Waals surface area (Å²) in [6, 6.07) is 1.16. The van der Waals surface area contributed by atoms with E-state index in [-0.39, 0.29) is 29.5 Å². The topological polar surface area (TPSA) is 66.2 Å². The van der Waals surface area contributed by atoms with Crippen molar-refractivity contribution < 1.29 is 17.9 Å². The van der Waals surface area contributed by atoms with Crippen LogP contribution in [0.15, 0.2) is 23.3 Å². The van der Waals surface area contributed by atoms with E-state index < -0.39 is 11.7 Å². The van der Waals surface area contributed by atoms with E-state index in [2.05, 4.69) is 27.7 Å². The highest BCUT2D eigenvalue weighted by Gasteiger charge is 2.44. The number of fused-ring (bicyclic) bond motifs is 1. The van der Waals surface area contributed by atoms with Crippen LogP contribution in [-0.4, -0.2) is 65.0 Å². The maximum absolute atomic E-state index is 14.4. The second-order valence-electron chi connectivity index (χ2n) is 12.9. The van der Waals surface area contributed by atoms with Gasteiger partial charge in [-0.1, -0.05) is 25.7 Å². The van der Waals surface area contributed by atoms with Gasteiger partial charge in [0.05, 0.1) is 30.0 Å². The Morgan fingerprint density at radius 1 is 1.02 bits per heavy atom. The Balaban J connectivity index is 1.28. The standard InChI is InChI=1S/C30H45F3N6O2/c1-36-19-34-35-28(36)27(21-6-3-7-21)22-8-4-9-23(15-22)38-18-26-25(30(31,32)33)14-20(17-39(26)29(38)40)16-37-12-5-10-24(41-2)11-13-37/h14,17-18,21-24,27-28,34-35H,3-13,15-16,19H2,1-2H3/t22?,23?,24-,27+,28?/m0/s1. The van der Waals surface area contributed by atoms with Crippen LogP contribution in [0.1, 0.15) is 81.4 Å². The molecular weight excluding hydrogens is 533 g/mol. The Morgan fingerprint density at radius 2 is 1.80 bits per heavy atom. The van der Waals surface area contributed by atoms with Crippen LogP contribution >= 0.6 is 0 Å². The predicted molar refractivity (Wildman–Crippen MR) is 151 cm³/mol. The Labute approximate surface area is 240 Å². The Hall–Kier alpha value is -1.92. The van der Waals surface area contributed by atoms with E-state index in [4.69, 9.17) is 4.74 Å². The Bertz CT molecular complexity index is 1260. The maximum atomic E-state index is 14.4. The first-order chi connectivity index (χ1) is 19.7. The molecule has 5 atom stereocenters. The monoisotopic (exact) mass is 578 g/mol. The van der Waals surface area contributed by atoms with Crippen molar-refractivity contribution in [3.63, 3.8) is 0 Å². The lowest BCUT2D eigenvalue weighted by Gasteiger charge is -2.46. The van der Waals surface area contributed by atoms with Crippen LogP contribution in [0.3, 0.4) is 0 Å². The largest absolute Gasteiger partial charge is 0.418 e. The first-order valence-corrected chi connectivity index (χ1v) is 15.5. The van der Waals surface area contributed by atoms with Gasteiger partial charge < -0.3 is 4.74 Å². The molecule has 8 nitrogen and oxygen atoms in total. The van der Waals surface area contributed by atoms with Crippen LogP contribution < -0.4 is 16.5 Å². The molecule has 0 spiro atoms. The fraction of sp³-hybridized carbons (Fsp3) is 0.767. The molecule has 4 heterocycles. The summed E-state index contributed by atoms with van der Waals surface area (Å²) in [5, 5.41) is 0. The number of nitrogens with one attached hydrogen (secondary N) is 2. The summed E-state index contributed by atoms with van der Waals surface area (Å²) in [4.78, 5) is 18.3. The van der Waals surface area contributed by atoms with Gasteiger partial charge in [-0.2, -0.15) is 13.2 Å². The second-order valence-corrected chi connectivity index (χ2v) is 12.9. The molecule has 41 heavy (non-hydrogen) atoms. The number of likely N-dealkylation sites (tertiary alicyclic amines) is 1. The molecule has 0 amide bonds. The van der Waals surface area contributed by atoms with E-state index in [0.29, 0.717) is 29.9 Å². The van der Waals surface area contributed by atoms with E-state index in [1.807, 2.05) is 0 Å². The molecule has 2 aliphatic heterocycles. The number of rotatable bonds is 7. The van der Waals surface area contributed by atoms with Crippen molar-refractivity contribution in [3.8, 4) is 0 Å². The summed E-state index contributed by atoms with van der Waals surface area (Å²) in [5.41, 5.74) is 6.16. The van der Waals surface area contributed by atoms with Crippen LogP contribution in [-0.2, 0) is 17.5 Å². The molecule has 4 fully saturated rings. The minimum atomic E-state index is -4.55. The van der Waals surface area contributed by atoms with Crippen LogP contribution in [0.2, 0.25) is 0 Å².